The standard InChI is InChI=1S/C18H21NO/c1-14-17(13-20)12-19(14)18(15-8-4-2-5-9-15)16-10-6-3-7-11-16/h2-11,14,17-18,20H,12-13H2,1H3/t14-,17-/m1/s1. The van der Waals surface area contributed by atoms with Gasteiger partial charge in [-0.3, -0.25) is 4.90 Å². The van der Waals surface area contributed by atoms with Crippen molar-refractivity contribution >= 4 is 0 Å². The molecular weight excluding hydrogens is 246 g/mol. The van der Waals surface area contributed by atoms with Crippen LogP contribution in [0.5, 0.6) is 0 Å². The van der Waals surface area contributed by atoms with Gasteiger partial charge in [0, 0.05) is 25.1 Å². The van der Waals surface area contributed by atoms with E-state index in [-0.39, 0.29) is 12.6 Å². The topological polar surface area (TPSA) is 23.5 Å². The Morgan fingerprint density at radius 2 is 1.50 bits per heavy atom. The van der Waals surface area contributed by atoms with Gasteiger partial charge in [0.05, 0.1) is 6.04 Å². The lowest BCUT2D eigenvalue weighted by atomic mass is 9.84. The summed E-state index contributed by atoms with van der Waals surface area (Å²) in [5.41, 5.74) is 2.64. The van der Waals surface area contributed by atoms with Crippen molar-refractivity contribution in [2.24, 2.45) is 5.92 Å². The minimum absolute atomic E-state index is 0.286. The predicted molar refractivity (Wildman–Crippen MR) is 81.5 cm³/mol. The lowest BCUT2D eigenvalue weighted by Crippen LogP contribution is -2.57. The number of rotatable bonds is 4. The summed E-state index contributed by atoms with van der Waals surface area (Å²) in [5.74, 6) is 0.407. The van der Waals surface area contributed by atoms with Crippen molar-refractivity contribution in [2.75, 3.05) is 13.2 Å². The van der Waals surface area contributed by atoms with Crippen LogP contribution in [0, 0.1) is 5.92 Å². The summed E-state index contributed by atoms with van der Waals surface area (Å²) in [4.78, 5) is 2.48. The Kier molecular flexibility index (Phi) is 3.86. The second-order valence-corrected chi connectivity index (χ2v) is 5.60. The normalized spacial score (nSPS) is 22.8. The summed E-state index contributed by atoms with van der Waals surface area (Å²) in [6.07, 6.45) is 0. The third-order valence-corrected chi connectivity index (χ3v) is 4.45. The van der Waals surface area contributed by atoms with Crippen molar-refractivity contribution < 1.29 is 5.11 Å². The van der Waals surface area contributed by atoms with E-state index in [0.29, 0.717) is 12.0 Å². The molecular formula is C18H21NO. The maximum absolute atomic E-state index is 9.37. The highest BCUT2D eigenvalue weighted by Gasteiger charge is 2.40. The molecule has 1 aliphatic rings. The van der Waals surface area contributed by atoms with Crippen LogP contribution < -0.4 is 0 Å². The summed E-state index contributed by atoms with van der Waals surface area (Å²) in [5, 5.41) is 9.37. The fourth-order valence-electron chi connectivity index (χ4n) is 3.12. The average molecular weight is 267 g/mol. The van der Waals surface area contributed by atoms with Gasteiger partial charge in [0.15, 0.2) is 0 Å². The highest BCUT2D eigenvalue weighted by Crippen LogP contribution is 2.38. The van der Waals surface area contributed by atoms with Crippen molar-refractivity contribution in [1.29, 1.82) is 0 Å². The number of likely N-dealkylation sites (tertiary alicyclic amines) is 1. The van der Waals surface area contributed by atoms with E-state index >= 15 is 0 Å². The summed E-state index contributed by atoms with van der Waals surface area (Å²) in [6, 6.07) is 22.0. The van der Waals surface area contributed by atoms with E-state index in [4.69, 9.17) is 0 Å². The van der Waals surface area contributed by atoms with Crippen molar-refractivity contribution in [3.63, 3.8) is 0 Å². The van der Waals surface area contributed by atoms with E-state index in [1.165, 1.54) is 11.1 Å². The molecule has 104 valence electrons. The molecule has 0 saturated carbocycles. The van der Waals surface area contributed by atoms with Gasteiger partial charge < -0.3 is 5.11 Å². The summed E-state index contributed by atoms with van der Waals surface area (Å²) < 4.78 is 0. The quantitative estimate of drug-likeness (QED) is 0.920. The molecule has 2 heteroatoms. The molecule has 0 unspecified atom stereocenters. The van der Waals surface area contributed by atoms with Gasteiger partial charge in [-0.1, -0.05) is 60.7 Å². The molecule has 1 N–H and O–H groups in total. The second-order valence-electron chi connectivity index (χ2n) is 5.60. The van der Waals surface area contributed by atoms with Crippen molar-refractivity contribution in [3.05, 3.63) is 71.8 Å². The smallest absolute Gasteiger partial charge is 0.0604 e. The number of nitrogens with zero attached hydrogens (tertiary/aromatic N) is 1. The van der Waals surface area contributed by atoms with Gasteiger partial charge in [-0.15, -0.1) is 0 Å². The van der Waals surface area contributed by atoms with Gasteiger partial charge in [-0.2, -0.15) is 0 Å². The average Bonchev–Trinajstić information content (AvgIpc) is 2.52. The minimum Gasteiger partial charge on any atom is -0.396 e. The van der Waals surface area contributed by atoms with Crippen LogP contribution in [0.3, 0.4) is 0 Å². The van der Waals surface area contributed by atoms with Gasteiger partial charge in [0.25, 0.3) is 0 Å². The van der Waals surface area contributed by atoms with Crippen molar-refractivity contribution in [3.8, 4) is 0 Å². The Balaban J connectivity index is 1.94. The third kappa shape index (κ3) is 2.37. The number of hydrogen-bond donors (Lipinski definition) is 1. The first kappa shape index (κ1) is 13.3. The molecule has 0 bridgehead atoms. The van der Waals surface area contributed by atoms with Gasteiger partial charge in [0.1, 0.15) is 0 Å². The number of aliphatic hydroxyl groups excluding tert-OH is 1. The van der Waals surface area contributed by atoms with Crippen LogP contribution in [0.25, 0.3) is 0 Å². The SMILES string of the molecule is C[C@@H]1[C@@H](CO)CN1C(c1ccccc1)c1ccccc1. The zero-order valence-electron chi connectivity index (χ0n) is 11.8. The van der Waals surface area contributed by atoms with Crippen LogP contribution in [0.4, 0.5) is 0 Å². The summed E-state index contributed by atoms with van der Waals surface area (Å²) in [7, 11) is 0. The van der Waals surface area contributed by atoms with Crippen LogP contribution in [0.15, 0.2) is 60.7 Å². The van der Waals surface area contributed by atoms with Crippen LogP contribution in [-0.4, -0.2) is 29.2 Å². The molecule has 3 rings (SSSR count). The Bertz CT molecular complexity index is 500. The zero-order chi connectivity index (χ0) is 13.9. The van der Waals surface area contributed by atoms with Crippen molar-refractivity contribution in [1.82, 2.24) is 4.90 Å². The predicted octanol–water partition coefficient (Wildman–Crippen LogP) is 3.09. The Labute approximate surface area is 120 Å². The summed E-state index contributed by atoms with van der Waals surface area (Å²) in [6.45, 7) is 3.46. The maximum atomic E-state index is 9.37. The van der Waals surface area contributed by atoms with E-state index in [1.807, 2.05) is 0 Å². The number of hydrogen-bond acceptors (Lipinski definition) is 2. The molecule has 0 spiro atoms. The molecule has 1 heterocycles. The minimum atomic E-state index is 0.286. The molecule has 1 fully saturated rings. The molecule has 2 nitrogen and oxygen atoms in total. The van der Waals surface area contributed by atoms with E-state index in [2.05, 4.69) is 72.5 Å². The van der Waals surface area contributed by atoms with Gasteiger partial charge >= 0.3 is 0 Å². The molecule has 1 aliphatic heterocycles. The first-order chi connectivity index (χ1) is 9.81. The lowest BCUT2D eigenvalue weighted by Gasteiger charge is -2.50. The molecule has 0 aromatic heterocycles. The van der Waals surface area contributed by atoms with E-state index in [9.17, 15) is 5.11 Å². The van der Waals surface area contributed by atoms with Gasteiger partial charge in [-0.05, 0) is 18.1 Å². The number of benzene rings is 2. The van der Waals surface area contributed by atoms with E-state index in [0.717, 1.165) is 6.54 Å². The molecule has 2 aromatic rings. The fourth-order valence-corrected chi connectivity index (χ4v) is 3.12. The molecule has 1 saturated heterocycles. The molecule has 2 atom stereocenters. The van der Waals surface area contributed by atoms with Crippen molar-refractivity contribution in [2.45, 2.75) is 19.0 Å². The molecule has 0 aliphatic carbocycles. The molecule has 2 aromatic carbocycles. The van der Waals surface area contributed by atoms with Gasteiger partial charge in [0.2, 0.25) is 0 Å². The first-order valence-corrected chi connectivity index (χ1v) is 7.27. The molecule has 0 amide bonds. The third-order valence-electron chi connectivity index (χ3n) is 4.45. The molecule has 20 heavy (non-hydrogen) atoms. The van der Waals surface area contributed by atoms with Crippen LogP contribution in [0.2, 0.25) is 0 Å². The Hall–Kier alpha value is -1.64. The lowest BCUT2D eigenvalue weighted by molar-refractivity contribution is -0.0278. The highest BCUT2D eigenvalue weighted by molar-refractivity contribution is 5.32. The largest absolute Gasteiger partial charge is 0.396 e. The Morgan fingerprint density at radius 1 is 1.00 bits per heavy atom. The highest BCUT2D eigenvalue weighted by atomic mass is 16.3. The first-order valence-electron chi connectivity index (χ1n) is 7.27. The van der Waals surface area contributed by atoms with Crippen LogP contribution in [-0.2, 0) is 0 Å². The monoisotopic (exact) mass is 267 g/mol. The maximum Gasteiger partial charge on any atom is 0.0604 e. The van der Waals surface area contributed by atoms with E-state index in [1.54, 1.807) is 0 Å². The van der Waals surface area contributed by atoms with Crippen LogP contribution in [0.1, 0.15) is 24.1 Å². The van der Waals surface area contributed by atoms with E-state index < -0.39 is 0 Å². The Morgan fingerprint density at radius 3 is 1.90 bits per heavy atom. The summed E-state index contributed by atoms with van der Waals surface area (Å²) >= 11 is 0. The fraction of sp³-hybridized carbons (Fsp3) is 0.333. The number of aliphatic hydroxyl groups is 1. The van der Waals surface area contributed by atoms with Gasteiger partial charge in [-0.25, -0.2) is 0 Å². The van der Waals surface area contributed by atoms with Crippen LogP contribution >= 0.6 is 0 Å². The molecule has 0 radical (unpaired) electrons. The zero-order valence-corrected chi connectivity index (χ0v) is 11.8. The second kappa shape index (κ2) is 5.78.